The van der Waals surface area contributed by atoms with Gasteiger partial charge in [0, 0.05) is 18.8 Å². The molecule has 2 rings (SSSR count). The summed E-state index contributed by atoms with van der Waals surface area (Å²) in [5.74, 6) is 1.33. The lowest BCUT2D eigenvalue weighted by Crippen LogP contribution is -2.27. The SMILES string of the molecule is CC(C)CN1CCC[C@@H]1c1ccc(N)nc1. The second kappa shape index (κ2) is 4.83. The van der Waals surface area contributed by atoms with Crippen LogP contribution in [0.1, 0.15) is 38.3 Å². The molecule has 0 unspecified atom stereocenters. The van der Waals surface area contributed by atoms with E-state index >= 15 is 0 Å². The first-order chi connectivity index (χ1) is 7.66. The van der Waals surface area contributed by atoms with Crippen LogP contribution in [0.2, 0.25) is 0 Å². The highest BCUT2D eigenvalue weighted by molar-refractivity contribution is 5.30. The number of nitrogen functional groups attached to an aromatic ring is 1. The predicted octanol–water partition coefficient (Wildman–Crippen LogP) is 2.46. The maximum Gasteiger partial charge on any atom is 0.123 e. The van der Waals surface area contributed by atoms with E-state index in [1.165, 1.54) is 31.5 Å². The molecule has 2 N–H and O–H groups in total. The summed E-state index contributed by atoms with van der Waals surface area (Å²) in [6.45, 7) is 6.94. The van der Waals surface area contributed by atoms with Crippen LogP contribution in [-0.4, -0.2) is 23.0 Å². The Bertz CT molecular complexity index is 332. The molecular weight excluding hydrogens is 198 g/mol. The van der Waals surface area contributed by atoms with E-state index in [2.05, 4.69) is 29.8 Å². The third kappa shape index (κ3) is 2.53. The zero-order valence-electron chi connectivity index (χ0n) is 10.2. The Hall–Kier alpha value is -1.09. The fraction of sp³-hybridized carbons (Fsp3) is 0.615. The van der Waals surface area contributed by atoms with E-state index in [1.54, 1.807) is 0 Å². The van der Waals surface area contributed by atoms with Gasteiger partial charge in [0.1, 0.15) is 5.82 Å². The molecule has 1 aliphatic rings. The van der Waals surface area contributed by atoms with Crippen molar-refractivity contribution < 1.29 is 0 Å². The molecule has 1 aromatic heterocycles. The van der Waals surface area contributed by atoms with Crippen LogP contribution in [0.5, 0.6) is 0 Å². The van der Waals surface area contributed by atoms with E-state index in [0.717, 1.165) is 5.92 Å². The topological polar surface area (TPSA) is 42.1 Å². The van der Waals surface area contributed by atoms with Gasteiger partial charge in [-0.25, -0.2) is 4.98 Å². The van der Waals surface area contributed by atoms with Crippen molar-refractivity contribution in [2.24, 2.45) is 5.92 Å². The smallest absolute Gasteiger partial charge is 0.123 e. The second-order valence-electron chi connectivity index (χ2n) is 5.06. The molecule has 3 heteroatoms. The van der Waals surface area contributed by atoms with Crippen molar-refractivity contribution >= 4 is 5.82 Å². The Kier molecular flexibility index (Phi) is 3.44. The van der Waals surface area contributed by atoms with Crippen LogP contribution in [0.4, 0.5) is 5.82 Å². The Labute approximate surface area is 97.7 Å². The highest BCUT2D eigenvalue weighted by atomic mass is 15.2. The number of nitrogens with zero attached hydrogens (tertiary/aromatic N) is 2. The van der Waals surface area contributed by atoms with Gasteiger partial charge in [0.15, 0.2) is 0 Å². The van der Waals surface area contributed by atoms with E-state index in [-0.39, 0.29) is 0 Å². The minimum Gasteiger partial charge on any atom is -0.384 e. The van der Waals surface area contributed by atoms with Gasteiger partial charge in [-0.3, -0.25) is 4.90 Å². The third-order valence-corrected chi connectivity index (χ3v) is 3.16. The van der Waals surface area contributed by atoms with Gasteiger partial charge in [-0.1, -0.05) is 19.9 Å². The van der Waals surface area contributed by atoms with Crippen LogP contribution in [-0.2, 0) is 0 Å². The standard InChI is InChI=1S/C13H21N3/c1-10(2)9-16-7-3-4-12(16)11-5-6-13(14)15-8-11/h5-6,8,10,12H,3-4,7,9H2,1-2H3,(H2,14,15)/t12-/m1/s1. The maximum absolute atomic E-state index is 5.62. The molecule has 3 nitrogen and oxygen atoms in total. The monoisotopic (exact) mass is 219 g/mol. The molecule has 1 fully saturated rings. The maximum atomic E-state index is 5.62. The predicted molar refractivity (Wildman–Crippen MR) is 67.0 cm³/mol. The summed E-state index contributed by atoms with van der Waals surface area (Å²) in [4.78, 5) is 6.76. The summed E-state index contributed by atoms with van der Waals surface area (Å²) in [6, 6.07) is 4.57. The van der Waals surface area contributed by atoms with E-state index in [4.69, 9.17) is 5.73 Å². The Morgan fingerprint density at radius 1 is 1.50 bits per heavy atom. The zero-order valence-corrected chi connectivity index (χ0v) is 10.2. The lowest BCUT2D eigenvalue weighted by Gasteiger charge is -2.26. The number of nitrogens with two attached hydrogens (primary N) is 1. The summed E-state index contributed by atoms with van der Waals surface area (Å²) >= 11 is 0. The van der Waals surface area contributed by atoms with Gasteiger partial charge < -0.3 is 5.73 Å². The number of hydrogen-bond acceptors (Lipinski definition) is 3. The van der Waals surface area contributed by atoms with Crippen molar-refractivity contribution in [3.63, 3.8) is 0 Å². The molecule has 1 aliphatic heterocycles. The van der Waals surface area contributed by atoms with Gasteiger partial charge in [0.05, 0.1) is 0 Å². The Morgan fingerprint density at radius 2 is 2.31 bits per heavy atom. The number of pyridine rings is 1. The molecule has 0 bridgehead atoms. The van der Waals surface area contributed by atoms with Crippen LogP contribution >= 0.6 is 0 Å². The first-order valence-corrected chi connectivity index (χ1v) is 6.12. The molecular formula is C13H21N3. The number of likely N-dealkylation sites (tertiary alicyclic amines) is 1. The molecule has 2 heterocycles. The highest BCUT2D eigenvalue weighted by Crippen LogP contribution is 2.32. The summed E-state index contributed by atoms with van der Waals surface area (Å²) in [5.41, 5.74) is 6.93. The quantitative estimate of drug-likeness (QED) is 0.849. The number of aromatic nitrogens is 1. The summed E-state index contributed by atoms with van der Waals surface area (Å²) in [5, 5.41) is 0. The fourth-order valence-corrected chi connectivity index (χ4v) is 2.51. The Balaban J connectivity index is 2.10. The number of rotatable bonds is 3. The van der Waals surface area contributed by atoms with Gasteiger partial charge in [0.2, 0.25) is 0 Å². The molecule has 0 saturated carbocycles. The van der Waals surface area contributed by atoms with Crippen LogP contribution in [0, 0.1) is 5.92 Å². The lowest BCUT2D eigenvalue weighted by atomic mass is 10.1. The minimum absolute atomic E-state index is 0.551. The highest BCUT2D eigenvalue weighted by Gasteiger charge is 2.26. The molecule has 0 radical (unpaired) electrons. The normalized spacial score (nSPS) is 21.8. The molecule has 88 valence electrons. The third-order valence-electron chi connectivity index (χ3n) is 3.16. The second-order valence-corrected chi connectivity index (χ2v) is 5.06. The molecule has 1 saturated heterocycles. The minimum atomic E-state index is 0.551. The molecule has 1 atom stereocenters. The fourth-order valence-electron chi connectivity index (χ4n) is 2.51. The average molecular weight is 219 g/mol. The van der Waals surface area contributed by atoms with Gasteiger partial charge >= 0.3 is 0 Å². The molecule has 0 spiro atoms. The van der Waals surface area contributed by atoms with Gasteiger partial charge in [-0.05, 0) is 36.9 Å². The van der Waals surface area contributed by atoms with Gasteiger partial charge in [-0.15, -0.1) is 0 Å². The van der Waals surface area contributed by atoms with E-state index < -0.39 is 0 Å². The summed E-state index contributed by atoms with van der Waals surface area (Å²) in [7, 11) is 0. The molecule has 16 heavy (non-hydrogen) atoms. The first kappa shape index (κ1) is 11.4. The van der Waals surface area contributed by atoms with Crippen molar-refractivity contribution in [1.82, 2.24) is 9.88 Å². The van der Waals surface area contributed by atoms with Crippen molar-refractivity contribution in [3.05, 3.63) is 23.9 Å². The molecule has 1 aromatic rings. The van der Waals surface area contributed by atoms with Crippen molar-refractivity contribution in [3.8, 4) is 0 Å². The van der Waals surface area contributed by atoms with Crippen molar-refractivity contribution in [2.75, 3.05) is 18.8 Å². The van der Waals surface area contributed by atoms with Gasteiger partial charge in [-0.2, -0.15) is 0 Å². The summed E-state index contributed by atoms with van der Waals surface area (Å²) < 4.78 is 0. The van der Waals surface area contributed by atoms with Crippen LogP contribution < -0.4 is 5.73 Å². The van der Waals surface area contributed by atoms with Gasteiger partial charge in [0.25, 0.3) is 0 Å². The first-order valence-electron chi connectivity index (χ1n) is 6.12. The largest absolute Gasteiger partial charge is 0.384 e. The van der Waals surface area contributed by atoms with Crippen molar-refractivity contribution in [1.29, 1.82) is 0 Å². The molecule has 0 aromatic carbocycles. The van der Waals surface area contributed by atoms with Crippen LogP contribution in [0.15, 0.2) is 18.3 Å². The van der Waals surface area contributed by atoms with E-state index in [1.807, 2.05) is 12.3 Å². The number of anilines is 1. The van der Waals surface area contributed by atoms with Crippen molar-refractivity contribution in [2.45, 2.75) is 32.7 Å². The number of hydrogen-bond donors (Lipinski definition) is 1. The Morgan fingerprint density at radius 3 is 2.94 bits per heavy atom. The van der Waals surface area contributed by atoms with E-state index in [0.29, 0.717) is 11.9 Å². The molecule has 0 amide bonds. The lowest BCUT2D eigenvalue weighted by molar-refractivity contribution is 0.228. The zero-order chi connectivity index (χ0) is 11.5. The summed E-state index contributed by atoms with van der Waals surface area (Å²) in [6.07, 6.45) is 4.47. The van der Waals surface area contributed by atoms with E-state index in [9.17, 15) is 0 Å². The average Bonchev–Trinajstić information content (AvgIpc) is 2.66. The van der Waals surface area contributed by atoms with Crippen LogP contribution in [0.3, 0.4) is 0 Å². The molecule has 0 aliphatic carbocycles. The van der Waals surface area contributed by atoms with Crippen LogP contribution in [0.25, 0.3) is 0 Å².